The summed E-state index contributed by atoms with van der Waals surface area (Å²) in [5, 5.41) is 0.330. The molecule has 0 amide bonds. The summed E-state index contributed by atoms with van der Waals surface area (Å²) in [5.41, 5.74) is 0.542. The van der Waals surface area contributed by atoms with Gasteiger partial charge in [0.05, 0.1) is 17.0 Å². The fourth-order valence-electron chi connectivity index (χ4n) is 1.57. The highest BCUT2D eigenvalue weighted by Gasteiger charge is 2.18. The lowest BCUT2D eigenvalue weighted by Gasteiger charge is -2.09. The molecule has 2 rings (SSSR count). The van der Waals surface area contributed by atoms with Crippen molar-refractivity contribution in [2.24, 2.45) is 0 Å². The van der Waals surface area contributed by atoms with E-state index in [9.17, 15) is 8.42 Å². The Labute approximate surface area is 132 Å². The maximum Gasteiger partial charge on any atom is 0.264 e. The standard InChI is InChI=1S/C12H11Cl2N3O3S/c1-7-5-11(14)16-12(15-7)17-21(18,19)8-3-4-10(20-2)9(13)6-8/h3-6H,1-2H3,(H,15,16,17). The number of methoxy groups -OCH3 is 1. The summed E-state index contributed by atoms with van der Waals surface area (Å²) in [4.78, 5) is 7.73. The second-order valence-corrected chi connectivity index (χ2v) is 6.53. The van der Waals surface area contributed by atoms with Gasteiger partial charge in [0.1, 0.15) is 10.9 Å². The van der Waals surface area contributed by atoms with Crippen LogP contribution in [-0.2, 0) is 10.0 Å². The molecule has 1 N–H and O–H groups in total. The van der Waals surface area contributed by atoms with Gasteiger partial charge in [-0.05, 0) is 31.2 Å². The van der Waals surface area contributed by atoms with Crippen LogP contribution in [0.25, 0.3) is 0 Å². The molecule has 0 aliphatic heterocycles. The molecule has 1 aromatic carbocycles. The molecule has 9 heteroatoms. The molecule has 0 bridgehead atoms. The summed E-state index contributed by atoms with van der Waals surface area (Å²) >= 11 is 11.7. The van der Waals surface area contributed by atoms with Crippen molar-refractivity contribution >= 4 is 39.2 Å². The first-order valence-electron chi connectivity index (χ1n) is 5.69. The number of nitrogens with zero attached hydrogens (tertiary/aromatic N) is 2. The predicted octanol–water partition coefficient (Wildman–Crippen LogP) is 2.90. The Hall–Kier alpha value is -1.57. The van der Waals surface area contributed by atoms with E-state index in [1.807, 2.05) is 0 Å². The van der Waals surface area contributed by atoms with E-state index in [0.29, 0.717) is 11.4 Å². The first kappa shape index (κ1) is 15.8. The van der Waals surface area contributed by atoms with Crippen LogP contribution in [0.2, 0.25) is 10.2 Å². The lowest BCUT2D eigenvalue weighted by Crippen LogP contribution is -2.15. The van der Waals surface area contributed by atoms with E-state index in [0.717, 1.165) is 0 Å². The van der Waals surface area contributed by atoms with Crippen molar-refractivity contribution in [1.82, 2.24) is 9.97 Å². The van der Waals surface area contributed by atoms with Gasteiger partial charge in [-0.2, -0.15) is 0 Å². The second-order valence-electron chi connectivity index (χ2n) is 4.06. The highest BCUT2D eigenvalue weighted by Crippen LogP contribution is 2.27. The second kappa shape index (κ2) is 6.05. The monoisotopic (exact) mass is 347 g/mol. The zero-order valence-electron chi connectivity index (χ0n) is 11.1. The number of aryl methyl sites for hydroxylation is 1. The number of hydrogen-bond donors (Lipinski definition) is 1. The van der Waals surface area contributed by atoms with Gasteiger partial charge in [0.25, 0.3) is 10.0 Å². The van der Waals surface area contributed by atoms with Gasteiger partial charge in [-0.25, -0.2) is 23.1 Å². The quantitative estimate of drug-likeness (QED) is 0.860. The van der Waals surface area contributed by atoms with E-state index < -0.39 is 10.0 Å². The fourth-order valence-corrected chi connectivity index (χ4v) is 3.10. The Balaban J connectivity index is 2.36. The lowest BCUT2D eigenvalue weighted by atomic mass is 10.3. The molecule has 0 fully saturated rings. The van der Waals surface area contributed by atoms with E-state index in [4.69, 9.17) is 27.9 Å². The summed E-state index contributed by atoms with van der Waals surface area (Å²) in [6, 6.07) is 5.62. The number of rotatable bonds is 4. The highest BCUT2D eigenvalue weighted by atomic mass is 35.5. The molecule has 0 radical (unpaired) electrons. The molecule has 112 valence electrons. The van der Waals surface area contributed by atoms with E-state index in [2.05, 4.69) is 14.7 Å². The molecular formula is C12H11Cl2N3O3S. The van der Waals surface area contributed by atoms with E-state index in [1.54, 1.807) is 6.92 Å². The van der Waals surface area contributed by atoms with Crippen LogP contribution in [0, 0.1) is 6.92 Å². The minimum absolute atomic E-state index is 0.0328. The van der Waals surface area contributed by atoms with Gasteiger partial charge >= 0.3 is 0 Å². The Morgan fingerprint density at radius 1 is 1.19 bits per heavy atom. The van der Waals surface area contributed by atoms with Crippen LogP contribution in [0.15, 0.2) is 29.2 Å². The van der Waals surface area contributed by atoms with Gasteiger partial charge in [-0.3, -0.25) is 0 Å². The van der Waals surface area contributed by atoms with Crippen molar-refractivity contribution in [3.8, 4) is 5.75 Å². The van der Waals surface area contributed by atoms with Crippen molar-refractivity contribution in [3.63, 3.8) is 0 Å². The topological polar surface area (TPSA) is 81.2 Å². The number of sulfonamides is 1. The molecule has 0 spiro atoms. The van der Waals surface area contributed by atoms with Crippen LogP contribution in [0.5, 0.6) is 5.75 Å². The first-order chi connectivity index (χ1) is 9.81. The molecule has 21 heavy (non-hydrogen) atoms. The van der Waals surface area contributed by atoms with E-state index in [-0.39, 0.29) is 21.0 Å². The Bertz CT molecular complexity index is 761. The summed E-state index contributed by atoms with van der Waals surface area (Å²) in [7, 11) is -2.43. The van der Waals surface area contributed by atoms with Gasteiger partial charge in [-0.1, -0.05) is 23.2 Å². The van der Waals surface area contributed by atoms with E-state index >= 15 is 0 Å². The predicted molar refractivity (Wildman–Crippen MR) is 80.6 cm³/mol. The van der Waals surface area contributed by atoms with Gasteiger partial charge in [0.2, 0.25) is 5.95 Å². The van der Waals surface area contributed by atoms with Crippen molar-refractivity contribution in [3.05, 3.63) is 40.1 Å². The largest absolute Gasteiger partial charge is 0.495 e. The molecule has 1 aromatic heterocycles. The third-order valence-electron chi connectivity index (χ3n) is 2.48. The Morgan fingerprint density at radius 2 is 1.90 bits per heavy atom. The molecule has 0 unspecified atom stereocenters. The third kappa shape index (κ3) is 3.75. The van der Waals surface area contributed by atoms with Crippen LogP contribution >= 0.6 is 23.2 Å². The zero-order valence-corrected chi connectivity index (χ0v) is 13.4. The number of nitrogens with one attached hydrogen (secondary N) is 1. The van der Waals surface area contributed by atoms with Crippen LogP contribution in [-0.4, -0.2) is 25.5 Å². The fraction of sp³-hybridized carbons (Fsp3) is 0.167. The van der Waals surface area contributed by atoms with E-state index in [1.165, 1.54) is 31.4 Å². The molecule has 0 aliphatic carbocycles. The molecule has 1 heterocycles. The van der Waals surface area contributed by atoms with Gasteiger partial charge in [0, 0.05) is 5.69 Å². The van der Waals surface area contributed by atoms with Crippen LogP contribution < -0.4 is 9.46 Å². The van der Waals surface area contributed by atoms with Gasteiger partial charge < -0.3 is 4.74 Å². The van der Waals surface area contributed by atoms with Gasteiger partial charge in [0.15, 0.2) is 0 Å². The van der Waals surface area contributed by atoms with Crippen LogP contribution in [0.3, 0.4) is 0 Å². The zero-order chi connectivity index (χ0) is 15.6. The SMILES string of the molecule is COc1ccc(S(=O)(=O)Nc2nc(C)cc(Cl)n2)cc1Cl. The summed E-state index contributed by atoms with van der Waals surface area (Å²) < 4.78 is 31.7. The number of hydrogen-bond acceptors (Lipinski definition) is 5. The molecular weight excluding hydrogens is 337 g/mol. The molecule has 0 aliphatic rings. The Kier molecular flexibility index (Phi) is 4.55. The Morgan fingerprint density at radius 3 is 2.48 bits per heavy atom. The summed E-state index contributed by atoms with van der Waals surface area (Å²) in [5.74, 6) is 0.275. The molecule has 6 nitrogen and oxygen atoms in total. The third-order valence-corrected chi connectivity index (χ3v) is 4.30. The molecule has 0 saturated heterocycles. The average Bonchev–Trinajstić information content (AvgIpc) is 2.36. The first-order valence-corrected chi connectivity index (χ1v) is 7.93. The summed E-state index contributed by atoms with van der Waals surface area (Å²) in [6.45, 7) is 1.68. The minimum Gasteiger partial charge on any atom is -0.495 e. The number of ether oxygens (including phenoxy) is 1. The molecule has 2 aromatic rings. The van der Waals surface area contributed by atoms with Gasteiger partial charge in [-0.15, -0.1) is 0 Å². The number of aromatic nitrogens is 2. The lowest BCUT2D eigenvalue weighted by molar-refractivity contribution is 0.414. The van der Waals surface area contributed by atoms with Crippen molar-refractivity contribution in [2.75, 3.05) is 11.8 Å². The number of anilines is 1. The van der Waals surface area contributed by atoms with Crippen LogP contribution in [0.4, 0.5) is 5.95 Å². The molecule has 0 atom stereocenters. The minimum atomic E-state index is -3.87. The normalized spacial score (nSPS) is 11.2. The maximum absolute atomic E-state index is 12.2. The number of benzene rings is 1. The number of halogens is 2. The van der Waals surface area contributed by atoms with Crippen molar-refractivity contribution in [1.29, 1.82) is 0 Å². The highest BCUT2D eigenvalue weighted by molar-refractivity contribution is 7.92. The summed E-state index contributed by atoms with van der Waals surface area (Å²) in [6.07, 6.45) is 0. The molecule has 0 saturated carbocycles. The van der Waals surface area contributed by atoms with Crippen molar-refractivity contribution < 1.29 is 13.2 Å². The smallest absolute Gasteiger partial charge is 0.264 e. The van der Waals surface area contributed by atoms with Crippen molar-refractivity contribution in [2.45, 2.75) is 11.8 Å². The van der Waals surface area contributed by atoms with Crippen LogP contribution in [0.1, 0.15) is 5.69 Å². The maximum atomic E-state index is 12.2. The average molecular weight is 348 g/mol.